The van der Waals surface area contributed by atoms with Gasteiger partial charge in [0.15, 0.2) is 5.69 Å². The zero-order valence-electron chi connectivity index (χ0n) is 16.2. The number of carboxylic acids is 1. The lowest BCUT2D eigenvalue weighted by molar-refractivity contribution is 0.0342. The number of thioether (sulfide) groups is 1. The van der Waals surface area contributed by atoms with E-state index in [0.717, 1.165) is 43.4 Å². The highest BCUT2D eigenvalue weighted by Gasteiger charge is 2.29. The molecule has 1 aromatic heterocycles. The largest absolute Gasteiger partial charge is 0.476 e. The number of hydrogen-bond donors (Lipinski definition) is 1. The van der Waals surface area contributed by atoms with Gasteiger partial charge in [-0.05, 0) is 35.9 Å². The van der Waals surface area contributed by atoms with Crippen LogP contribution in [0, 0.1) is 5.82 Å². The van der Waals surface area contributed by atoms with Crippen molar-refractivity contribution in [2.45, 2.75) is 17.2 Å². The molecule has 0 unspecified atom stereocenters. The Morgan fingerprint density at radius 2 is 1.93 bits per heavy atom. The molecule has 30 heavy (non-hydrogen) atoms. The third-order valence-corrected chi connectivity index (χ3v) is 6.55. The molecule has 2 aliphatic heterocycles. The van der Waals surface area contributed by atoms with E-state index in [2.05, 4.69) is 10.00 Å². The van der Waals surface area contributed by atoms with Crippen LogP contribution in [0.1, 0.15) is 21.6 Å². The maximum absolute atomic E-state index is 14.0. The monoisotopic (exact) mass is 425 g/mol. The Morgan fingerprint density at radius 1 is 1.17 bits per heavy atom. The van der Waals surface area contributed by atoms with Gasteiger partial charge in [-0.2, -0.15) is 5.10 Å². The molecule has 0 radical (unpaired) electrons. The van der Waals surface area contributed by atoms with Crippen LogP contribution in [-0.4, -0.2) is 52.1 Å². The number of morpholine rings is 1. The molecule has 154 valence electrons. The predicted octanol–water partition coefficient (Wildman–Crippen LogP) is 3.81. The van der Waals surface area contributed by atoms with Crippen LogP contribution in [0.15, 0.2) is 47.4 Å². The van der Waals surface area contributed by atoms with Gasteiger partial charge in [0.2, 0.25) is 0 Å². The SMILES string of the molecule is O=C(O)c1nn(-c2ccc(CN3CCOCC3)cc2)c2c1CSc1ccc(F)cc1-2. The van der Waals surface area contributed by atoms with Crippen LogP contribution in [0.5, 0.6) is 0 Å². The van der Waals surface area contributed by atoms with E-state index in [-0.39, 0.29) is 11.5 Å². The average molecular weight is 425 g/mol. The van der Waals surface area contributed by atoms with Crippen molar-refractivity contribution in [2.24, 2.45) is 0 Å². The maximum atomic E-state index is 14.0. The zero-order chi connectivity index (χ0) is 20.7. The number of fused-ring (bicyclic) bond motifs is 3. The van der Waals surface area contributed by atoms with E-state index in [0.29, 0.717) is 22.6 Å². The van der Waals surface area contributed by atoms with Crippen LogP contribution >= 0.6 is 11.8 Å². The normalized spacial score (nSPS) is 16.2. The summed E-state index contributed by atoms with van der Waals surface area (Å²) >= 11 is 1.50. The summed E-state index contributed by atoms with van der Waals surface area (Å²) in [6.45, 7) is 4.17. The van der Waals surface area contributed by atoms with Gasteiger partial charge in [-0.3, -0.25) is 4.90 Å². The number of aromatic carboxylic acids is 1. The number of nitrogens with zero attached hydrogens (tertiary/aromatic N) is 3. The first-order chi connectivity index (χ1) is 14.6. The molecule has 1 saturated heterocycles. The lowest BCUT2D eigenvalue weighted by atomic mass is 10.1. The minimum atomic E-state index is -1.07. The summed E-state index contributed by atoms with van der Waals surface area (Å²) in [7, 11) is 0. The van der Waals surface area contributed by atoms with Gasteiger partial charge in [0.1, 0.15) is 5.82 Å². The fourth-order valence-corrected chi connectivity index (χ4v) is 4.99. The van der Waals surface area contributed by atoms with E-state index in [9.17, 15) is 14.3 Å². The van der Waals surface area contributed by atoms with Crippen molar-refractivity contribution in [3.63, 3.8) is 0 Å². The Bertz CT molecular complexity index is 1110. The second-order valence-electron chi connectivity index (χ2n) is 7.38. The second kappa shape index (κ2) is 7.86. The van der Waals surface area contributed by atoms with Crippen LogP contribution in [-0.2, 0) is 17.0 Å². The molecule has 3 aromatic rings. The van der Waals surface area contributed by atoms with Crippen molar-refractivity contribution in [1.29, 1.82) is 0 Å². The van der Waals surface area contributed by atoms with Crippen molar-refractivity contribution < 1.29 is 19.0 Å². The van der Waals surface area contributed by atoms with E-state index in [4.69, 9.17) is 4.74 Å². The Hall–Kier alpha value is -2.68. The summed E-state index contributed by atoms with van der Waals surface area (Å²) in [5.41, 5.74) is 3.90. The summed E-state index contributed by atoms with van der Waals surface area (Å²) in [5.74, 6) is -0.938. The summed E-state index contributed by atoms with van der Waals surface area (Å²) in [5, 5.41) is 14.0. The predicted molar refractivity (Wildman–Crippen MR) is 112 cm³/mol. The Kier molecular flexibility index (Phi) is 5.06. The molecule has 1 N–H and O–H groups in total. The first-order valence-electron chi connectivity index (χ1n) is 9.77. The van der Waals surface area contributed by atoms with Gasteiger partial charge in [-0.15, -0.1) is 11.8 Å². The van der Waals surface area contributed by atoms with E-state index in [1.165, 1.54) is 29.5 Å². The molecule has 0 saturated carbocycles. The van der Waals surface area contributed by atoms with Gasteiger partial charge < -0.3 is 9.84 Å². The molecule has 0 spiro atoms. The Morgan fingerprint density at radius 3 is 2.67 bits per heavy atom. The number of carboxylic acid groups (broad SMARTS) is 1. The number of carbonyl (C=O) groups is 1. The van der Waals surface area contributed by atoms with Crippen LogP contribution < -0.4 is 0 Å². The molecule has 2 aromatic carbocycles. The van der Waals surface area contributed by atoms with Gasteiger partial charge in [0.25, 0.3) is 0 Å². The molecule has 0 bridgehead atoms. The molecular weight excluding hydrogens is 405 g/mol. The van der Waals surface area contributed by atoms with Gasteiger partial charge in [-0.25, -0.2) is 13.9 Å². The zero-order valence-corrected chi connectivity index (χ0v) is 17.0. The number of hydrogen-bond acceptors (Lipinski definition) is 5. The Labute approximate surface area is 177 Å². The van der Waals surface area contributed by atoms with Crippen molar-refractivity contribution in [2.75, 3.05) is 26.3 Å². The molecule has 8 heteroatoms. The van der Waals surface area contributed by atoms with E-state index in [1.54, 1.807) is 10.7 Å². The molecule has 3 heterocycles. The van der Waals surface area contributed by atoms with Gasteiger partial charge in [0, 0.05) is 41.4 Å². The number of halogens is 1. The van der Waals surface area contributed by atoms with Crippen LogP contribution in [0.25, 0.3) is 16.9 Å². The van der Waals surface area contributed by atoms with E-state index in [1.807, 2.05) is 24.3 Å². The highest BCUT2D eigenvalue weighted by atomic mass is 32.2. The molecular formula is C22H20FN3O3S. The highest BCUT2D eigenvalue weighted by Crippen LogP contribution is 2.44. The first-order valence-corrected chi connectivity index (χ1v) is 10.8. The van der Waals surface area contributed by atoms with Crippen molar-refractivity contribution >= 4 is 17.7 Å². The van der Waals surface area contributed by atoms with Gasteiger partial charge in [-0.1, -0.05) is 12.1 Å². The third-order valence-electron chi connectivity index (χ3n) is 5.45. The second-order valence-corrected chi connectivity index (χ2v) is 8.39. The fourth-order valence-electron chi connectivity index (χ4n) is 3.95. The summed E-state index contributed by atoms with van der Waals surface area (Å²) in [4.78, 5) is 15.1. The number of rotatable bonds is 4. The minimum Gasteiger partial charge on any atom is -0.476 e. The first kappa shape index (κ1) is 19.3. The molecule has 5 rings (SSSR count). The molecule has 0 aliphatic carbocycles. The number of ether oxygens (including phenoxy) is 1. The highest BCUT2D eigenvalue weighted by molar-refractivity contribution is 7.98. The minimum absolute atomic E-state index is 0.0183. The smallest absolute Gasteiger partial charge is 0.356 e. The maximum Gasteiger partial charge on any atom is 0.356 e. The molecule has 0 atom stereocenters. The van der Waals surface area contributed by atoms with Crippen molar-refractivity contribution in [3.8, 4) is 16.9 Å². The topological polar surface area (TPSA) is 67.6 Å². The van der Waals surface area contributed by atoms with Crippen LogP contribution in [0.3, 0.4) is 0 Å². The van der Waals surface area contributed by atoms with Crippen molar-refractivity contribution in [3.05, 3.63) is 65.1 Å². The van der Waals surface area contributed by atoms with Crippen LogP contribution in [0.4, 0.5) is 4.39 Å². The van der Waals surface area contributed by atoms with E-state index < -0.39 is 5.97 Å². The fraction of sp³-hybridized carbons (Fsp3) is 0.273. The lowest BCUT2D eigenvalue weighted by Gasteiger charge is -2.26. The molecule has 6 nitrogen and oxygen atoms in total. The number of benzene rings is 2. The standard InChI is InChI=1S/C22H20FN3O3S/c23-15-3-6-19-17(11-15)21-18(13-30-19)20(22(27)28)24-26(21)16-4-1-14(2-5-16)12-25-7-9-29-10-8-25/h1-6,11H,7-10,12-13H2,(H,27,28). The quantitative estimate of drug-likeness (QED) is 0.686. The summed E-state index contributed by atoms with van der Waals surface area (Å²) < 4.78 is 21.0. The van der Waals surface area contributed by atoms with Crippen LogP contribution in [0.2, 0.25) is 0 Å². The van der Waals surface area contributed by atoms with Crippen molar-refractivity contribution in [1.82, 2.24) is 14.7 Å². The third kappa shape index (κ3) is 3.51. The summed E-state index contributed by atoms with van der Waals surface area (Å²) in [6, 6.07) is 12.6. The van der Waals surface area contributed by atoms with E-state index >= 15 is 0 Å². The van der Waals surface area contributed by atoms with Gasteiger partial charge >= 0.3 is 5.97 Å². The lowest BCUT2D eigenvalue weighted by Crippen LogP contribution is -2.35. The summed E-state index contributed by atoms with van der Waals surface area (Å²) in [6.07, 6.45) is 0. The Balaban J connectivity index is 1.54. The average Bonchev–Trinajstić information content (AvgIpc) is 3.15. The van der Waals surface area contributed by atoms with Gasteiger partial charge in [0.05, 0.1) is 24.6 Å². The molecule has 2 aliphatic rings. The molecule has 0 amide bonds. The molecule has 1 fully saturated rings. The number of aromatic nitrogens is 2.